The highest BCUT2D eigenvalue weighted by Crippen LogP contribution is 2.51. The van der Waals surface area contributed by atoms with Gasteiger partial charge in [-0.05, 0) is 12.8 Å². The number of nitrogens with zero attached hydrogens (tertiary/aromatic N) is 2. The molecule has 0 aromatic carbocycles. The first-order valence-electron chi connectivity index (χ1n) is 8.52. The molecule has 3 atom stereocenters. The average molecular weight is 328 g/mol. The van der Waals surface area contributed by atoms with E-state index in [9.17, 15) is 20.1 Å². The van der Waals surface area contributed by atoms with Gasteiger partial charge in [-0.3, -0.25) is 14.6 Å². The van der Waals surface area contributed by atoms with Crippen molar-refractivity contribution >= 4 is 5.78 Å². The lowest BCUT2D eigenvalue weighted by atomic mass is 9.58. The van der Waals surface area contributed by atoms with Crippen molar-refractivity contribution in [2.24, 2.45) is 10.8 Å². The van der Waals surface area contributed by atoms with Gasteiger partial charge in [0.1, 0.15) is 24.1 Å². The fraction of sp³-hybridized carbons (Fsp3) is 0.938. The predicted octanol–water partition coefficient (Wildman–Crippen LogP) is -1.61. The summed E-state index contributed by atoms with van der Waals surface area (Å²) in [4.78, 5) is 17.2. The lowest BCUT2D eigenvalue weighted by Gasteiger charge is -2.67. The Morgan fingerprint density at radius 2 is 1.48 bits per heavy atom. The Morgan fingerprint density at radius 1 is 1.04 bits per heavy atom. The Bertz CT molecular complexity index is 443. The van der Waals surface area contributed by atoms with E-state index >= 15 is 0 Å². The molecule has 132 valence electrons. The molecule has 0 aromatic rings. The van der Waals surface area contributed by atoms with Crippen molar-refractivity contribution < 1.29 is 25.2 Å². The summed E-state index contributed by atoms with van der Waals surface area (Å²) >= 11 is 0. The number of ketones is 1. The molecule has 4 bridgehead atoms. The zero-order valence-corrected chi connectivity index (χ0v) is 13.9. The highest BCUT2D eigenvalue weighted by molar-refractivity contribution is 5.93. The van der Waals surface area contributed by atoms with Crippen LogP contribution in [0.5, 0.6) is 0 Å². The minimum Gasteiger partial charge on any atom is -0.394 e. The Labute approximate surface area is 136 Å². The van der Waals surface area contributed by atoms with Gasteiger partial charge >= 0.3 is 0 Å². The van der Waals surface area contributed by atoms with Crippen LogP contribution in [0, 0.1) is 10.8 Å². The first-order valence-corrected chi connectivity index (χ1v) is 8.52. The molecule has 7 heteroatoms. The largest absolute Gasteiger partial charge is 0.394 e. The zero-order chi connectivity index (χ0) is 17.0. The number of hydrogen-bond acceptors (Lipinski definition) is 7. The van der Waals surface area contributed by atoms with Crippen LogP contribution >= 0.6 is 0 Å². The fourth-order valence-corrected chi connectivity index (χ4v) is 4.93. The van der Waals surface area contributed by atoms with Gasteiger partial charge in [0.05, 0.1) is 23.6 Å². The second kappa shape index (κ2) is 5.75. The van der Waals surface area contributed by atoms with Crippen LogP contribution < -0.4 is 0 Å². The van der Waals surface area contributed by atoms with Crippen molar-refractivity contribution in [2.45, 2.75) is 51.2 Å². The molecule has 0 radical (unpaired) electrons. The van der Waals surface area contributed by atoms with Crippen LogP contribution in [-0.4, -0.2) is 93.3 Å². The van der Waals surface area contributed by atoms with Crippen LogP contribution in [0.2, 0.25) is 0 Å². The third-order valence-corrected chi connectivity index (χ3v) is 6.32. The number of rotatable bonds is 6. The molecule has 4 N–H and O–H groups in total. The maximum Gasteiger partial charge on any atom is 0.150 e. The number of aliphatic hydroxyl groups is 4. The molecule has 4 fully saturated rings. The van der Waals surface area contributed by atoms with Gasteiger partial charge in [0, 0.05) is 26.2 Å². The van der Waals surface area contributed by atoms with E-state index in [-0.39, 0.29) is 10.8 Å². The van der Waals surface area contributed by atoms with E-state index in [1.807, 2.05) is 13.8 Å². The number of aliphatic hydroxyl groups excluding tert-OH is 4. The number of hydrogen-bond donors (Lipinski definition) is 4. The van der Waals surface area contributed by atoms with Crippen molar-refractivity contribution in [1.82, 2.24) is 9.80 Å². The summed E-state index contributed by atoms with van der Waals surface area (Å²) in [6.45, 7) is 5.82. The summed E-state index contributed by atoms with van der Waals surface area (Å²) in [7, 11) is 0. The van der Waals surface area contributed by atoms with Crippen molar-refractivity contribution in [3.63, 3.8) is 0 Å². The van der Waals surface area contributed by atoms with Gasteiger partial charge in [0.25, 0.3) is 0 Å². The average Bonchev–Trinajstić information content (AvgIpc) is 2.56. The molecule has 0 spiro atoms. The molecule has 0 saturated carbocycles. The number of carbonyl (C=O) groups excluding carboxylic acids is 1. The number of Topliss-reactive ketones (excluding diaryl/α,β-unsaturated/α-hetero) is 1. The first kappa shape index (κ1) is 17.3. The molecule has 4 saturated heterocycles. The monoisotopic (exact) mass is 328 g/mol. The smallest absolute Gasteiger partial charge is 0.150 e. The van der Waals surface area contributed by atoms with Gasteiger partial charge in [-0.2, -0.15) is 0 Å². The molecule has 0 aliphatic carbocycles. The molecular weight excluding hydrogens is 300 g/mol. The zero-order valence-electron chi connectivity index (χ0n) is 13.9. The Hall–Kier alpha value is -0.570. The van der Waals surface area contributed by atoms with E-state index in [1.165, 1.54) is 0 Å². The quantitative estimate of drug-likeness (QED) is 0.465. The minimum absolute atomic E-state index is 0.353. The SMILES string of the molecule is CCC12CN3CC(CC)(CN(C1)C3[C@H](O)[C@@H](O)[C@H](O)CO)C2=O. The summed E-state index contributed by atoms with van der Waals surface area (Å²) in [6.07, 6.45) is -2.84. The standard InChI is InChI=1S/C16H28N2O5/c1-3-15-6-17-8-16(4-2,14(15)23)9-18(7-15)13(17)12(22)11(21)10(20)5-19/h10-13,19-22H,3-9H2,1-2H3/t10-,11+,12-,13?,15?,16?/m1/s1. The van der Waals surface area contributed by atoms with E-state index in [0.717, 1.165) is 12.8 Å². The van der Waals surface area contributed by atoms with Crippen LogP contribution in [0.4, 0.5) is 0 Å². The lowest BCUT2D eigenvalue weighted by molar-refractivity contribution is -0.231. The molecule has 4 heterocycles. The van der Waals surface area contributed by atoms with E-state index < -0.39 is 31.1 Å². The van der Waals surface area contributed by atoms with E-state index in [4.69, 9.17) is 5.11 Å². The van der Waals surface area contributed by atoms with Gasteiger partial charge in [0.15, 0.2) is 0 Å². The topological polar surface area (TPSA) is 104 Å². The van der Waals surface area contributed by atoms with Crippen molar-refractivity contribution in [3.8, 4) is 0 Å². The van der Waals surface area contributed by atoms with Crippen molar-refractivity contribution in [1.29, 1.82) is 0 Å². The molecule has 4 rings (SSSR count). The molecule has 23 heavy (non-hydrogen) atoms. The normalized spacial score (nSPS) is 46.0. The maximum atomic E-state index is 13.0. The van der Waals surface area contributed by atoms with Crippen LogP contribution in [0.25, 0.3) is 0 Å². The van der Waals surface area contributed by atoms with E-state index in [1.54, 1.807) is 0 Å². The lowest BCUT2D eigenvalue weighted by Crippen LogP contribution is -2.81. The summed E-state index contributed by atoms with van der Waals surface area (Å²) in [5.74, 6) is 0.353. The summed E-state index contributed by atoms with van der Waals surface area (Å²) in [5.41, 5.74) is -0.771. The maximum absolute atomic E-state index is 13.0. The molecule has 0 amide bonds. The molecule has 0 aromatic heterocycles. The molecule has 7 nitrogen and oxygen atoms in total. The third-order valence-electron chi connectivity index (χ3n) is 6.32. The highest BCUT2D eigenvalue weighted by Gasteiger charge is 2.65. The molecule has 4 aliphatic rings. The fourth-order valence-electron chi connectivity index (χ4n) is 4.93. The van der Waals surface area contributed by atoms with Gasteiger partial charge in [-0.1, -0.05) is 13.8 Å². The highest BCUT2D eigenvalue weighted by atomic mass is 16.4. The van der Waals surface area contributed by atoms with Crippen LogP contribution in [0.1, 0.15) is 26.7 Å². The van der Waals surface area contributed by atoms with Gasteiger partial charge in [-0.15, -0.1) is 0 Å². The molecule has 4 aliphatic heterocycles. The van der Waals surface area contributed by atoms with Crippen molar-refractivity contribution in [3.05, 3.63) is 0 Å². The second-order valence-electron chi connectivity index (χ2n) is 7.55. The third kappa shape index (κ3) is 2.29. The Morgan fingerprint density at radius 3 is 1.83 bits per heavy atom. The van der Waals surface area contributed by atoms with Crippen LogP contribution in [-0.2, 0) is 4.79 Å². The van der Waals surface area contributed by atoms with Crippen molar-refractivity contribution in [2.75, 3.05) is 32.8 Å². The van der Waals surface area contributed by atoms with Gasteiger partial charge < -0.3 is 20.4 Å². The second-order valence-corrected chi connectivity index (χ2v) is 7.55. The van der Waals surface area contributed by atoms with Crippen LogP contribution in [0.3, 0.4) is 0 Å². The Balaban J connectivity index is 1.88. The summed E-state index contributed by atoms with van der Waals surface area (Å²) in [6, 6.07) is 0. The Kier molecular flexibility index (Phi) is 4.32. The number of piperidine rings is 2. The predicted molar refractivity (Wildman–Crippen MR) is 82.5 cm³/mol. The van der Waals surface area contributed by atoms with E-state index in [2.05, 4.69) is 9.80 Å². The molecule has 0 unspecified atom stereocenters. The summed E-state index contributed by atoms with van der Waals surface area (Å²) in [5, 5.41) is 39.3. The van der Waals surface area contributed by atoms with Crippen LogP contribution in [0.15, 0.2) is 0 Å². The van der Waals surface area contributed by atoms with Gasteiger partial charge in [0.2, 0.25) is 0 Å². The minimum atomic E-state index is -1.41. The summed E-state index contributed by atoms with van der Waals surface area (Å²) < 4.78 is 0. The number of carbonyl (C=O) groups is 1. The molecular formula is C16H28N2O5. The van der Waals surface area contributed by atoms with E-state index in [0.29, 0.717) is 32.0 Å². The first-order chi connectivity index (χ1) is 10.8. The van der Waals surface area contributed by atoms with Gasteiger partial charge in [-0.25, -0.2) is 0 Å².